The van der Waals surface area contributed by atoms with Crippen LogP contribution in [0.15, 0.2) is 0 Å². The minimum absolute atomic E-state index is 0.107. The Balaban J connectivity index is 2.53. The molecule has 1 saturated carbocycles. The molecule has 0 amide bonds. The van der Waals surface area contributed by atoms with Crippen LogP contribution in [0.25, 0.3) is 0 Å². The Bertz CT molecular complexity index is 146. The van der Waals surface area contributed by atoms with E-state index in [1.807, 2.05) is 6.92 Å². The van der Waals surface area contributed by atoms with Crippen molar-refractivity contribution in [2.75, 3.05) is 7.11 Å². The summed E-state index contributed by atoms with van der Waals surface area (Å²) in [5.41, 5.74) is -0.227. The molecule has 0 heterocycles. The van der Waals surface area contributed by atoms with E-state index in [0.29, 0.717) is 4.83 Å². The molecule has 52 valence electrons. The van der Waals surface area contributed by atoms with E-state index in [9.17, 15) is 4.79 Å². The monoisotopic (exact) mass is 192 g/mol. The topological polar surface area (TPSA) is 26.3 Å². The van der Waals surface area contributed by atoms with Crippen molar-refractivity contribution in [3.05, 3.63) is 0 Å². The van der Waals surface area contributed by atoms with Crippen molar-refractivity contribution in [3.63, 3.8) is 0 Å². The number of carbonyl (C=O) groups is 1. The largest absolute Gasteiger partial charge is 0.469 e. The third kappa shape index (κ3) is 0.980. The van der Waals surface area contributed by atoms with Gasteiger partial charge in [-0.05, 0) is 13.3 Å². The second kappa shape index (κ2) is 1.97. The molecule has 0 N–H and O–H groups in total. The highest BCUT2D eigenvalue weighted by Crippen LogP contribution is 2.51. The fourth-order valence-electron chi connectivity index (χ4n) is 0.758. The van der Waals surface area contributed by atoms with Crippen LogP contribution in [-0.4, -0.2) is 17.9 Å². The number of hydrogen-bond donors (Lipinski definition) is 0. The van der Waals surface area contributed by atoms with E-state index in [1.165, 1.54) is 7.11 Å². The maximum absolute atomic E-state index is 10.9. The summed E-state index contributed by atoms with van der Waals surface area (Å²) in [6.07, 6.45) is 0.902. The molecule has 3 heteroatoms. The van der Waals surface area contributed by atoms with Crippen molar-refractivity contribution in [1.29, 1.82) is 0 Å². The van der Waals surface area contributed by atoms with Gasteiger partial charge >= 0.3 is 5.97 Å². The average molecular weight is 193 g/mol. The summed E-state index contributed by atoms with van der Waals surface area (Å²) in [6.45, 7) is 1.90. The van der Waals surface area contributed by atoms with Gasteiger partial charge in [0, 0.05) is 4.83 Å². The van der Waals surface area contributed by atoms with Crippen molar-refractivity contribution >= 4 is 21.9 Å². The first-order valence-electron chi connectivity index (χ1n) is 2.84. The Morgan fingerprint density at radius 2 is 2.33 bits per heavy atom. The Labute approximate surface area is 62.7 Å². The molecule has 1 fully saturated rings. The molecule has 0 radical (unpaired) electrons. The van der Waals surface area contributed by atoms with Crippen LogP contribution in [0.1, 0.15) is 13.3 Å². The molecular formula is C6H9BrO2. The summed E-state index contributed by atoms with van der Waals surface area (Å²) < 4.78 is 4.58. The third-order valence-corrected chi connectivity index (χ3v) is 3.12. The molecule has 0 aliphatic heterocycles. The molecule has 0 spiro atoms. The smallest absolute Gasteiger partial charge is 0.312 e. The molecular weight excluding hydrogens is 184 g/mol. The van der Waals surface area contributed by atoms with Crippen LogP contribution in [0.3, 0.4) is 0 Å². The molecule has 9 heavy (non-hydrogen) atoms. The number of methoxy groups -OCH3 is 1. The van der Waals surface area contributed by atoms with Crippen LogP contribution in [-0.2, 0) is 9.53 Å². The zero-order valence-electron chi connectivity index (χ0n) is 5.48. The lowest BCUT2D eigenvalue weighted by molar-refractivity contribution is -0.146. The molecule has 0 bridgehead atoms. The molecule has 0 saturated heterocycles. The van der Waals surface area contributed by atoms with Crippen molar-refractivity contribution in [2.24, 2.45) is 5.41 Å². The molecule has 2 unspecified atom stereocenters. The van der Waals surface area contributed by atoms with Crippen molar-refractivity contribution in [2.45, 2.75) is 18.2 Å². The average Bonchev–Trinajstić information content (AvgIpc) is 2.41. The Morgan fingerprint density at radius 3 is 2.44 bits per heavy atom. The van der Waals surface area contributed by atoms with Gasteiger partial charge in [0.25, 0.3) is 0 Å². The molecule has 1 rings (SSSR count). The van der Waals surface area contributed by atoms with Crippen LogP contribution < -0.4 is 0 Å². The summed E-state index contributed by atoms with van der Waals surface area (Å²) in [4.78, 5) is 11.2. The normalized spacial score (nSPS) is 40.1. The van der Waals surface area contributed by atoms with E-state index in [1.54, 1.807) is 0 Å². The molecule has 0 aromatic rings. The van der Waals surface area contributed by atoms with Crippen LogP contribution in [0, 0.1) is 5.41 Å². The third-order valence-electron chi connectivity index (χ3n) is 1.79. The second-order valence-electron chi connectivity index (χ2n) is 2.58. The number of hydrogen-bond acceptors (Lipinski definition) is 2. The molecule has 1 aliphatic rings. The summed E-state index contributed by atoms with van der Waals surface area (Å²) in [5, 5.41) is 0. The number of ether oxygens (including phenoxy) is 1. The van der Waals surface area contributed by atoms with Gasteiger partial charge in [-0.25, -0.2) is 0 Å². The summed E-state index contributed by atoms with van der Waals surface area (Å²) in [6, 6.07) is 0. The van der Waals surface area contributed by atoms with E-state index in [0.717, 1.165) is 6.42 Å². The van der Waals surface area contributed by atoms with E-state index in [4.69, 9.17) is 0 Å². The maximum atomic E-state index is 10.9. The van der Waals surface area contributed by atoms with E-state index in [-0.39, 0.29) is 11.4 Å². The molecule has 0 aromatic heterocycles. The number of carbonyl (C=O) groups excluding carboxylic acids is 1. The minimum atomic E-state index is -0.227. The van der Waals surface area contributed by atoms with Crippen LogP contribution in [0.2, 0.25) is 0 Å². The highest BCUT2D eigenvalue weighted by Gasteiger charge is 2.55. The Hall–Kier alpha value is -0.0500. The predicted molar refractivity (Wildman–Crippen MR) is 37.5 cm³/mol. The predicted octanol–water partition coefficient (Wildman–Crippen LogP) is 1.33. The van der Waals surface area contributed by atoms with Gasteiger partial charge < -0.3 is 4.74 Å². The molecule has 1 aliphatic carbocycles. The standard InChI is InChI=1S/C6H9BrO2/c1-6(3-4(6)7)5(8)9-2/h4H,3H2,1-2H3. The summed E-state index contributed by atoms with van der Waals surface area (Å²) in [7, 11) is 1.42. The quantitative estimate of drug-likeness (QED) is 0.463. The van der Waals surface area contributed by atoms with E-state index < -0.39 is 0 Å². The van der Waals surface area contributed by atoms with Crippen molar-refractivity contribution in [1.82, 2.24) is 0 Å². The second-order valence-corrected chi connectivity index (χ2v) is 3.69. The fraction of sp³-hybridized carbons (Fsp3) is 0.833. The van der Waals surface area contributed by atoms with Gasteiger partial charge in [0.1, 0.15) is 0 Å². The van der Waals surface area contributed by atoms with E-state index in [2.05, 4.69) is 20.7 Å². The first kappa shape index (κ1) is 7.06. The van der Waals surface area contributed by atoms with Gasteiger partial charge in [0.15, 0.2) is 0 Å². The zero-order chi connectivity index (χ0) is 7.07. The highest BCUT2D eigenvalue weighted by molar-refractivity contribution is 9.09. The van der Waals surface area contributed by atoms with Gasteiger partial charge in [-0.3, -0.25) is 4.79 Å². The zero-order valence-corrected chi connectivity index (χ0v) is 7.06. The lowest BCUT2D eigenvalue weighted by atomic mass is 10.1. The minimum Gasteiger partial charge on any atom is -0.469 e. The first-order valence-corrected chi connectivity index (χ1v) is 3.75. The van der Waals surface area contributed by atoms with E-state index >= 15 is 0 Å². The Morgan fingerprint density at radius 1 is 1.89 bits per heavy atom. The number of alkyl halides is 1. The molecule has 0 aromatic carbocycles. The van der Waals surface area contributed by atoms with Crippen molar-refractivity contribution in [3.8, 4) is 0 Å². The Kier molecular flexibility index (Phi) is 1.55. The van der Waals surface area contributed by atoms with Gasteiger partial charge in [0.2, 0.25) is 0 Å². The van der Waals surface area contributed by atoms with Crippen LogP contribution in [0.4, 0.5) is 0 Å². The lowest BCUT2D eigenvalue weighted by Crippen LogP contribution is -2.15. The van der Waals surface area contributed by atoms with Gasteiger partial charge in [0.05, 0.1) is 12.5 Å². The SMILES string of the molecule is COC(=O)C1(C)CC1Br. The summed E-state index contributed by atoms with van der Waals surface area (Å²) in [5.74, 6) is -0.107. The number of rotatable bonds is 1. The van der Waals surface area contributed by atoms with Crippen LogP contribution >= 0.6 is 15.9 Å². The highest BCUT2D eigenvalue weighted by atomic mass is 79.9. The fourth-order valence-corrected chi connectivity index (χ4v) is 1.62. The van der Waals surface area contributed by atoms with Gasteiger partial charge in [-0.2, -0.15) is 0 Å². The molecule has 2 nitrogen and oxygen atoms in total. The first-order chi connectivity index (χ1) is 4.11. The van der Waals surface area contributed by atoms with Crippen LogP contribution in [0.5, 0.6) is 0 Å². The van der Waals surface area contributed by atoms with Gasteiger partial charge in [-0.15, -0.1) is 0 Å². The number of halogens is 1. The van der Waals surface area contributed by atoms with Crippen molar-refractivity contribution < 1.29 is 9.53 Å². The number of esters is 1. The molecule has 2 atom stereocenters. The lowest BCUT2D eigenvalue weighted by Gasteiger charge is -2.03. The van der Waals surface area contributed by atoms with Gasteiger partial charge in [-0.1, -0.05) is 15.9 Å². The maximum Gasteiger partial charge on any atom is 0.312 e. The summed E-state index contributed by atoms with van der Waals surface area (Å²) >= 11 is 3.35.